The molecular weight excluding hydrogens is 921 g/mol. The maximum Gasteiger partial charge on any atom is 0.0542 e. The first kappa shape index (κ1) is 45.9. The van der Waals surface area contributed by atoms with Gasteiger partial charge in [0.25, 0.3) is 0 Å². The van der Waals surface area contributed by atoms with Gasteiger partial charge in [0.15, 0.2) is 0 Å². The second-order valence-electron chi connectivity index (χ2n) is 19.6. The van der Waals surface area contributed by atoms with E-state index in [4.69, 9.17) is 0 Å². The Bertz CT molecular complexity index is 3880. The fourth-order valence-electron chi connectivity index (χ4n) is 11.0. The van der Waals surface area contributed by atoms with Gasteiger partial charge in [-0.15, -0.1) is 0 Å². The van der Waals surface area contributed by atoms with Crippen LogP contribution in [0.2, 0.25) is 0 Å². The Labute approximate surface area is 444 Å². The van der Waals surface area contributed by atoms with Crippen molar-refractivity contribution in [3.05, 3.63) is 302 Å². The molecule has 0 aliphatic carbocycles. The van der Waals surface area contributed by atoms with Crippen LogP contribution in [0.15, 0.2) is 291 Å². The quantitative estimate of drug-likeness (QED) is 0.121. The van der Waals surface area contributed by atoms with Gasteiger partial charge in [0, 0.05) is 56.3 Å². The van der Waals surface area contributed by atoms with Crippen molar-refractivity contribution in [1.29, 1.82) is 0 Å². The van der Waals surface area contributed by atoms with E-state index in [1.165, 1.54) is 33.4 Å². The van der Waals surface area contributed by atoms with Gasteiger partial charge in [-0.2, -0.15) is 0 Å². The van der Waals surface area contributed by atoms with Crippen LogP contribution in [0, 0.1) is 13.8 Å². The summed E-state index contributed by atoms with van der Waals surface area (Å²) in [4.78, 5) is 4.67. The molecule has 11 aromatic carbocycles. The van der Waals surface area contributed by atoms with Crippen molar-refractivity contribution >= 4 is 55.9 Å². The number of benzene rings is 11. The Balaban J connectivity index is 1.01. The Kier molecular flexibility index (Phi) is 12.0. The summed E-state index contributed by atoms with van der Waals surface area (Å²) in [5.74, 6) is 0. The molecule has 2 heterocycles. The number of aromatic nitrogens is 2. The lowest BCUT2D eigenvalue weighted by atomic mass is 10.0. The van der Waals surface area contributed by atoms with Gasteiger partial charge in [0.2, 0.25) is 0 Å². The number of fused-ring (bicyclic) bond motifs is 2. The zero-order valence-electron chi connectivity index (χ0n) is 42.5. The molecule has 0 fully saturated rings. The van der Waals surface area contributed by atoms with Crippen molar-refractivity contribution in [1.82, 2.24) is 9.13 Å². The average Bonchev–Trinajstić information content (AvgIpc) is 4.08. The van der Waals surface area contributed by atoms with Crippen molar-refractivity contribution in [2.75, 3.05) is 9.80 Å². The lowest BCUT2D eigenvalue weighted by Gasteiger charge is -2.26. The summed E-state index contributed by atoms with van der Waals surface area (Å²) in [6.45, 7) is 4.31. The van der Waals surface area contributed by atoms with Crippen LogP contribution in [0.5, 0.6) is 0 Å². The van der Waals surface area contributed by atoms with E-state index in [1.54, 1.807) is 0 Å². The normalized spacial score (nSPS) is 11.3. The van der Waals surface area contributed by atoms with Crippen LogP contribution < -0.4 is 9.80 Å². The minimum Gasteiger partial charge on any atom is -0.310 e. The first-order valence-electron chi connectivity index (χ1n) is 26.1. The highest BCUT2D eigenvalue weighted by Gasteiger charge is 2.21. The highest BCUT2D eigenvalue weighted by Crippen LogP contribution is 2.42. The Morgan fingerprint density at radius 3 is 0.934 bits per heavy atom. The summed E-state index contributed by atoms with van der Waals surface area (Å²) in [6.07, 6.45) is 0. The molecule has 76 heavy (non-hydrogen) atoms. The monoisotopic (exact) mass is 974 g/mol. The van der Waals surface area contributed by atoms with Crippen LogP contribution in [0.25, 0.3) is 77.9 Å². The minimum atomic E-state index is 1.08. The highest BCUT2D eigenvalue weighted by atomic mass is 15.1. The Hall–Kier alpha value is -9.90. The van der Waals surface area contributed by atoms with Crippen LogP contribution >= 0.6 is 0 Å². The van der Waals surface area contributed by atoms with Crippen molar-refractivity contribution in [2.24, 2.45) is 0 Å². The standard InChI is InChI=1S/C72H54N4/c1-51-19-15-33-67(43-51)73(61-29-11-5-12-30-61)63-35-39-65(40-36-63)75-69(57-27-17-25-55(45-57)53-21-7-3-8-22-53)47-59-50-72-60(49-71(59)75)48-70(58-28-18-26-56(46-58)54-23-9-4-10-24-54)76(72)66-41-37-64(38-42-66)74(62-31-13-6-14-32-62)68-34-16-20-52(2)44-68/h3-50H,1-2H3. The van der Waals surface area contributed by atoms with Gasteiger partial charge in [0.1, 0.15) is 0 Å². The van der Waals surface area contributed by atoms with Gasteiger partial charge in [-0.3, -0.25) is 0 Å². The molecule has 0 N–H and O–H groups in total. The topological polar surface area (TPSA) is 16.3 Å². The minimum absolute atomic E-state index is 1.08. The summed E-state index contributed by atoms with van der Waals surface area (Å²) >= 11 is 0. The smallest absolute Gasteiger partial charge is 0.0542 e. The van der Waals surface area contributed by atoms with Crippen LogP contribution in [0.3, 0.4) is 0 Å². The molecule has 4 nitrogen and oxygen atoms in total. The molecule has 0 saturated carbocycles. The second-order valence-corrected chi connectivity index (χ2v) is 19.6. The summed E-state index contributed by atoms with van der Waals surface area (Å²) in [5.41, 5.74) is 22.8. The highest BCUT2D eigenvalue weighted by molar-refractivity contribution is 6.03. The van der Waals surface area contributed by atoms with E-state index < -0.39 is 0 Å². The first-order chi connectivity index (χ1) is 37.5. The first-order valence-corrected chi connectivity index (χ1v) is 26.1. The molecule has 13 aromatic rings. The number of para-hydroxylation sites is 2. The fraction of sp³-hybridized carbons (Fsp3) is 0.0278. The molecular formula is C72H54N4. The van der Waals surface area contributed by atoms with Crippen LogP contribution in [-0.2, 0) is 0 Å². The van der Waals surface area contributed by atoms with E-state index in [2.05, 4.69) is 324 Å². The number of aryl methyl sites for hydroxylation is 2. The van der Waals surface area contributed by atoms with Gasteiger partial charge < -0.3 is 18.9 Å². The molecule has 0 unspecified atom stereocenters. The number of hydrogen-bond acceptors (Lipinski definition) is 2. The molecule has 0 saturated heterocycles. The second kappa shape index (κ2) is 19.8. The molecule has 0 amide bonds. The summed E-state index contributed by atoms with van der Waals surface area (Å²) in [7, 11) is 0. The van der Waals surface area contributed by atoms with Crippen LogP contribution in [0.1, 0.15) is 11.1 Å². The van der Waals surface area contributed by atoms with Gasteiger partial charge >= 0.3 is 0 Å². The molecule has 4 heteroatoms. The molecule has 0 bridgehead atoms. The summed E-state index contributed by atoms with van der Waals surface area (Å²) < 4.78 is 4.90. The number of nitrogens with zero attached hydrogens (tertiary/aromatic N) is 4. The largest absolute Gasteiger partial charge is 0.310 e. The Morgan fingerprint density at radius 1 is 0.237 bits per heavy atom. The molecule has 362 valence electrons. The predicted molar refractivity (Wildman–Crippen MR) is 321 cm³/mol. The molecule has 0 atom stereocenters. The lowest BCUT2D eigenvalue weighted by molar-refractivity contribution is 1.13. The molecule has 0 aliphatic heterocycles. The number of rotatable bonds is 12. The SMILES string of the molecule is Cc1cccc(N(c2ccccc2)c2ccc(-n3c(-c4cccc(-c5ccccc5)c4)cc4cc5c(cc(-c6cccc(-c7ccccc7)c6)n5-c5ccc(N(c6ccccc6)c6cccc(C)c6)cc5)cc43)cc2)c1. The van der Waals surface area contributed by atoms with Crippen molar-refractivity contribution < 1.29 is 0 Å². The van der Waals surface area contributed by atoms with Crippen molar-refractivity contribution in [2.45, 2.75) is 13.8 Å². The zero-order chi connectivity index (χ0) is 51.0. The average molecular weight is 975 g/mol. The van der Waals surface area contributed by atoms with E-state index in [0.29, 0.717) is 0 Å². The molecule has 13 rings (SSSR count). The Morgan fingerprint density at radius 2 is 0.553 bits per heavy atom. The van der Waals surface area contributed by atoms with E-state index >= 15 is 0 Å². The third-order valence-corrected chi connectivity index (χ3v) is 14.5. The summed E-state index contributed by atoms with van der Waals surface area (Å²) in [5, 5.41) is 2.30. The third-order valence-electron chi connectivity index (χ3n) is 14.5. The van der Waals surface area contributed by atoms with E-state index in [9.17, 15) is 0 Å². The zero-order valence-corrected chi connectivity index (χ0v) is 42.5. The molecule has 0 radical (unpaired) electrons. The third kappa shape index (κ3) is 8.82. The summed E-state index contributed by atoms with van der Waals surface area (Å²) in [6, 6.07) is 106. The predicted octanol–water partition coefficient (Wildman–Crippen LogP) is 19.8. The number of hydrogen-bond donors (Lipinski definition) is 0. The molecule has 0 aliphatic rings. The van der Waals surface area contributed by atoms with Crippen molar-refractivity contribution in [3.63, 3.8) is 0 Å². The number of anilines is 6. The fourth-order valence-corrected chi connectivity index (χ4v) is 11.0. The molecule has 2 aromatic heterocycles. The lowest BCUT2D eigenvalue weighted by Crippen LogP contribution is -2.10. The van der Waals surface area contributed by atoms with Gasteiger partial charge in [-0.25, -0.2) is 0 Å². The van der Waals surface area contributed by atoms with Crippen LogP contribution in [-0.4, -0.2) is 9.13 Å². The maximum atomic E-state index is 2.45. The van der Waals surface area contributed by atoms with E-state index in [-0.39, 0.29) is 0 Å². The van der Waals surface area contributed by atoms with Crippen molar-refractivity contribution in [3.8, 4) is 56.1 Å². The van der Waals surface area contributed by atoms with E-state index in [0.717, 1.165) is 89.8 Å². The van der Waals surface area contributed by atoms with Gasteiger partial charge in [-0.1, -0.05) is 158 Å². The van der Waals surface area contributed by atoms with Crippen LogP contribution in [0.4, 0.5) is 34.1 Å². The maximum absolute atomic E-state index is 2.45. The van der Waals surface area contributed by atoms with E-state index in [1.807, 2.05) is 0 Å². The molecule has 0 spiro atoms. The van der Waals surface area contributed by atoms with Gasteiger partial charge in [0.05, 0.1) is 22.4 Å². The van der Waals surface area contributed by atoms with Gasteiger partial charge in [-0.05, 0) is 192 Å².